The Morgan fingerprint density at radius 2 is 1.96 bits per heavy atom. The van der Waals surface area contributed by atoms with E-state index in [4.69, 9.17) is 0 Å². The average molecular weight is 381 g/mol. The highest BCUT2D eigenvalue weighted by Crippen LogP contribution is 2.31. The minimum Gasteiger partial charge on any atom is -0.368 e. The molecule has 0 unspecified atom stereocenters. The van der Waals surface area contributed by atoms with Gasteiger partial charge in [0.05, 0.1) is 12.0 Å². The Hall–Kier alpha value is -2.74. The van der Waals surface area contributed by atoms with Crippen molar-refractivity contribution in [1.29, 1.82) is 0 Å². The van der Waals surface area contributed by atoms with Crippen LogP contribution in [0, 0.1) is 5.92 Å². The zero-order chi connectivity index (χ0) is 19.5. The number of rotatable bonds is 6. The van der Waals surface area contributed by atoms with Gasteiger partial charge in [-0.1, -0.05) is 19.9 Å². The smallest absolute Gasteiger partial charge is 0.206 e. The molecule has 1 aliphatic heterocycles. The highest BCUT2D eigenvalue weighted by molar-refractivity contribution is 5.75. The third-order valence-corrected chi connectivity index (χ3v) is 5.31. The molecule has 0 aliphatic carbocycles. The van der Waals surface area contributed by atoms with E-state index in [-0.39, 0.29) is 0 Å². The molecule has 148 valence electrons. The van der Waals surface area contributed by atoms with Crippen LogP contribution in [0.4, 0.5) is 5.69 Å². The molecule has 4 rings (SSSR count). The maximum Gasteiger partial charge on any atom is 0.206 e. The van der Waals surface area contributed by atoms with Gasteiger partial charge in [-0.05, 0) is 35.2 Å². The van der Waals surface area contributed by atoms with Gasteiger partial charge >= 0.3 is 0 Å². The summed E-state index contributed by atoms with van der Waals surface area (Å²) in [5.74, 6) is 1.28. The molecule has 0 radical (unpaired) electrons. The molecule has 0 spiro atoms. The Labute approximate surface area is 165 Å². The van der Waals surface area contributed by atoms with Gasteiger partial charge in [0, 0.05) is 57.2 Å². The number of aryl methyl sites for hydroxylation is 1. The second kappa shape index (κ2) is 8.10. The van der Waals surface area contributed by atoms with Gasteiger partial charge < -0.3 is 9.47 Å². The van der Waals surface area contributed by atoms with E-state index in [9.17, 15) is 0 Å². The van der Waals surface area contributed by atoms with Crippen LogP contribution in [-0.2, 0) is 20.0 Å². The maximum atomic E-state index is 4.23. The lowest BCUT2D eigenvalue weighted by atomic mass is 9.99. The van der Waals surface area contributed by atoms with Crippen LogP contribution in [0.25, 0.3) is 11.4 Å². The van der Waals surface area contributed by atoms with Crippen LogP contribution in [-0.4, -0.2) is 61.3 Å². The van der Waals surface area contributed by atoms with Crippen LogP contribution in [0.1, 0.15) is 25.1 Å². The Balaban J connectivity index is 1.52. The predicted molar refractivity (Wildman–Crippen MR) is 109 cm³/mol. The fraction of sp³-hybridized carbons (Fsp3) is 0.500. The molecule has 1 aliphatic rings. The molecule has 1 N–H and O–H groups in total. The monoisotopic (exact) mass is 380 g/mol. The Morgan fingerprint density at radius 1 is 1.14 bits per heavy atom. The van der Waals surface area contributed by atoms with E-state index in [0.717, 1.165) is 44.7 Å². The summed E-state index contributed by atoms with van der Waals surface area (Å²) in [5, 5.41) is 14.7. The maximum absolute atomic E-state index is 4.23. The Kier molecular flexibility index (Phi) is 5.38. The van der Waals surface area contributed by atoms with E-state index in [1.165, 1.54) is 16.9 Å². The fourth-order valence-corrected chi connectivity index (χ4v) is 3.82. The summed E-state index contributed by atoms with van der Waals surface area (Å²) in [6, 6.07) is 6.64. The average Bonchev–Trinajstić information content (AvgIpc) is 3.34. The van der Waals surface area contributed by atoms with Crippen molar-refractivity contribution in [3.8, 4) is 11.4 Å². The van der Waals surface area contributed by atoms with Crippen molar-refractivity contribution in [2.45, 2.75) is 26.8 Å². The summed E-state index contributed by atoms with van der Waals surface area (Å²) in [7, 11) is 2.05. The summed E-state index contributed by atoms with van der Waals surface area (Å²) in [5.41, 5.74) is 4.86. The van der Waals surface area contributed by atoms with Gasteiger partial charge in [0.2, 0.25) is 5.82 Å². The highest BCUT2D eigenvalue weighted by atomic mass is 15.5. The minimum absolute atomic E-state index is 0.625. The number of H-pyrrole nitrogens is 1. The molecule has 1 aromatic carbocycles. The van der Waals surface area contributed by atoms with Gasteiger partial charge in [-0.3, -0.25) is 4.90 Å². The lowest BCUT2D eigenvalue weighted by molar-refractivity contribution is 0.245. The van der Waals surface area contributed by atoms with Gasteiger partial charge in [-0.15, -0.1) is 10.2 Å². The molecular weight excluding hydrogens is 352 g/mol. The second-order valence-corrected chi connectivity index (χ2v) is 7.94. The molecule has 2 aromatic heterocycles. The third kappa shape index (κ3) is 4.06. The largest absolute Gasteiger partial charge is 0.368 e. The van der Waals surface area contributed by atoms with Gasteiger partial charge in [-0.25, -0.2) is 4.98 Å². The third-order valence-electron chi connectivity index (χ3n) is 5.31. The number of aromatic nitrogens is 6. The summed E-state index contributed by atoms with van der Waals surface area (Å²) in [6.07, 6.45) is 4.89. The lowest BCUT2D eigenvalue weighted by Gasteiger charge is -2.37. The van der Waals surface area contributed by atoms with Crippen molar-refractivity contribution in [2.75, 3.05) is 31.1 Å². The van der Waals surface area contributed by atoms with Crippen molar-refractivity contribution < 1.29 is 0 Å². The molecule has 1 fully saturated rings. The molecule has 0 saturated carbocycles. The zero-order valence-corrected chi connectivity index (χ0v) is 16.8. The zero-order valence-electron chi connectivity index (χ0n) is 16.8. The predicted octanol–water partition coefficient (Wildman–Crippen LogP) is 2.12. The number of nitrogens with one attached hydrogen (secondary N) is 1. The van der Waals surface area contributed by atoms with Crippen LogP contribution in [0.5, 0.6) is 0 Å². The molecule has 3 aromatic rings. The van der Waals surface area contributed by atoms with E-state index < -0.39 is 0 Å². The van der Waals surface area contributed by atoms with Crippen molar-refractivity contribution in [1.82, 2.24) is 35.1 Å². The Bertz CT molecular complexity index is 891. The van der Waals surface area contributed by atoms with Crippen LogP contribution in [0.15, 0.2) is 30.7 Å². The van der Waals surface area contributed by atoms with Gasteiger partial charge in [-0.2, -0.15) is 5.21 Å². The molecule has 0 bridgehead atoms. The standard InChI is InChI=1S/C20H28N8/c1-15(2)10-16-4-5-18(20-22-24-25-23-20)19(11-16)28-8-6-27(7-9-28)13-17-12-21-14-26(17)3/h4-5,11-12,14-15H,6-10,13H2,1-3H3,(H,22,23,24,25). The lowest BCUT2D eigenvalue weighted by Crippen LogP contribution is -2.46. The summed E-state index contributed by atoms with van der Waals surface area (Å²) in [4.78, 5) is 9.17. The SMILES string of the molecule is CC(C)Cc1ccc(-c2nn[nH]n2)c(N2CCN(Cc3cncn3C)CC2)c1. The van der Waals surface area contributed by atoms with Crippen LogP contribution < -0.4 is 4.90 Å². The molecule has 8 heteroatoms. The molecule has 28 heavy (non-hydrogen) atoms. The van der Waals surface area contributed by atoms with E-state index in [1.807, 2.05) is 12.5 Å². The number of piperazine rings is 1. The summed E-state index contributed by atoms with van der Waals surface area (Å²) in [6.45, 7) is 9.45. The topological polar surface area (TPSA) is 78.8 Å². The molecule has 0 atom stereocenters. The summed E-state index contributed by atoms with van der Waals surface area (Å²) >= 11 is 0. The number of imidazole rings is 1. The molecule has 8 nitrogen and oxygen atoms in total. The molecular formula is C20H28N8. The van der Waals surface area contributed by atoms with Crippen molar-refractivity contribution >= 4 is 5.69 Å². The number of nitrogens with zero attached hydrogens (tertiary/aromatic N) is 7. The van der Waals surface area contributed by atoms with Crippen molar-refractivity contribution in [3.63, 3.8) is 0 Å². The van der Waals surface area contributed by atoms with E-state index >= 15 is 0 Å². The van der Waals surface area contributed by atoms with E-state index in [0.29, 0.717) is 11.7 Å². The summed E-state index contributed by atoms with van der Waals surface area (Å²) < 4.78 is 2.09. The van der Waals surface area contributed by atoms with Crippen molar-refractivity contribution in [2.24, 2.45) is 13.0 Å². The van der Waals surface area contributed by atoms with Gasteiger partial charge in [0.15, 0.2) is 0 Å². The minimum atomic E-state index is 0.625. The number of tetrazole rings is 1. The van der Waals surface area contributed by atoms with Gasteiger partial charge in [0.1, 0.15) is 0 Å². The Morgan fingerprint density at radius 3 is 2.61 bits per heavy atom. The molecule has 1 saturated heterocycles. The normalized spacial score (nSPS) is 15.5. The number of hydrogen-bond acceptors (Lipinski definition) is 6. The first kappa shape index (κ1) is 18.6. The van der Waals surface area contributed by atoms with Crippen LogP contribution in [0.3, 0.4) is 0 Å². The molecule has 0 amide bonds. The first-order valence-corrected chi connectivity index (χ1v) is 9.89. The highest BCUT2D eigenvalue weighted by Gasteiger charge is 2.22. The number of hydrogen-bond donors (Lipinski definition) is 1. The second-order valence-electron chi connectivity index (χ2n) is 7.94. The first-order valence-electron chi connectivity index (χ1n) is 9.89. The van der Waals surface area contributed by atoms with Crippen LogP contribution >= 0.6 is 0 Å². The number of aromatic amines is 1. The van der Waals surface area contributed by atoms with Crippen LogP contribution in [0.2, 0.25) is 0 Å². The van der Waals surface area contributed by atoms with E-state index in [1.54, 1.807) is 0 Å². The molecule has 3 heterocycles. The quantitative estimate of drug-likeness (QED) is 0.706. The van der Waals surface area contributed by atoms with Crippen molar-refractivity contribution in [3.05, 3.63) is 42.0 Å². The fourth-order valence-electron chi connectivity index (χ4n) is 3.82. The number of anilines is 1. The van der Waals surface area contributed by atoms with Gasteiger partial charge in [0.25, 0.3) is 0 Å². The number of benzene rings is 1. The van der Waals surface area contributed by atoms with E-state index in [2.05, 4.69) is 79.1 Å². The first-order chi connectivity index (χ1) is 13.6.